The molecule has 0 amide bonds. The zero-order valence-corrected chi connectivity index (χ0v) is 9.44. The molecule has 0 N–H and O–H groups in total. The van der Waals surface area contributed by atoms with E-state index in [9.17, 15) is 4.39 Å². The lowest BCUT2D eigenvalue weighted by molar-refractivity contribution is 0.604. The maximum absolute atomic E-state index is 13.6. The summed E-state index contributed by atoms with van der Waals surface area (Å²) in [6.45, 7) is 0. The number of hydrogen-bond acceptors (Lipinski definition) is 0. The summed E-state index contributed by atoms with van der Waals surface area (Å²) in [5.74, 6) is 0.202. The first kappa shape index (κ1) is 10.3. The van der Waals surface area contributed by atoms with E-state index in [0.29, 0.717) is 5.92 Å². The van der Waals surface area contributed by atoms with Crippen molar-refractivity contribution in [2.75, 3.05) is 0 Å². The second-order valence-electron chi connectivity index (χ2n) is 4.39. The molecule has 0 nitrogen and oxygen atoms in total. The van der Waals surface area contributed by atoms with Gasteiger partial charge in [0.1, 0.15) is 5.82 Å². The van der Waals surface area contributed by atoms with Crippen molar-refractivity contribution in [3.63, 3.8) is 0 Å². The van der Waals surface area contributed by atoms with Crippen molar-refractivity contribution < 1.29 is 4.39 Å². The highest BCUT2D eigenvalue weighted by Crippen LogP contribution is 2.32. The molecule has 0 radical (unpaired) electrons. The lowest BCUT2D eigenvalue weighted by atomic mass is 9.93. The average molecular weight is 224 g/mol. The molecule has 1 unspecified atom stereocenters. The number of fused-ring (bicyclic) bond motifs is 1. The normalized spacial score (nSPS) is 17.1. The molecule has 1 aliphatic rings. The summed E-state index contributed by atoms with van der Waals surface area (Å²) in [6.07, 6.45) is 5.03. The molecule has 84 valence electrons. The Bertz CT molecular complexity index is 569. The summed E-state index contributed by atoms with van der Waals surface area (Å²) >= 11 is 0. The van der Waals surface area contributed by atoms with Gasteiger partial charge in [0.25, 0.3) is 0 Å². The topological polar surface area (TPSA) is 0 Å². The van der Waals surface area contributed by atoms with E-state index in [2.05, 4.69) is 24.3 Å². The third kappa shape index (κ3) is 1.89. The van der Waals surface area contributed by atoms with E-state index in [-0.39, 0.29) is 5.82 Å². The predicted molar refractivity (Wildman–Crippen MR) is 68.3 cm³/mol. The third-order valence-electron chi connectivity index (χ3n) is 3.30. The highest BCUT2D eigenvalue weighted by atomic mass is 19.1. The third-order valence-corrected chi connectivity index (χ3v) is 3.30. The summed E-state index contributed by atoms with van der Waals surface area (Å²) in [6, 6.07) is 15.3. The smallest absolute Gasteiger partial charge is 0.126 e. The van der Waals surface area contributed by atoms with Gasteiger partial charge in [0.05, 0.1) is 0 Å². The minimum atomic E-state index is -0.106. The number of halogens is 1. The van der Waals surface area contributed by atoms with Crippen LogP contribution in [0.3, 0.4) is 0 Å². The summed E-state index contributed by atoms with van der Waals surface area (Å²) in [5, 5.41) is 0. The fourth-order valence-electron chi connectivity index (χ4n) is 2.40. The highest BCUT2D eigenvalue weighted by Gasteiger charge is 2.17. The zero-order valence-electron chi connectivity index (χ0n) is 9.44. The first-order chi connectivity index (χ1) is 8.34. The minimum Gasteiger partial charge on any atom is -0.207 e. The molecular weight excluding hydrogens is 211 g/mol. The number of rotatable bonds is 2. The van der Waals surface area contributed by atoms with Gasteiger partial charge in [-0.2, -0.15) is 0 Å². The van der Waals surface area contributed by atoms with Gasteiger partial charge >= 0.3 is 0 Å². The van der Waals surface area contributed by atoms with Crippen LogP contribution in [-0.4, -0.2) is 0 Å². The van der Waals surface area contributed by atoms with Crippen LogP contribution in [-0.2, 0) is 6.42 Å². The van der Waals surface area contributed by atoms with Crippen molar-refractivity contribution in [3.05, 3.63) is 77.1 Å². The maximum atomic E-state index is 13.6. The Balaban J connectivity index is 1.90. The molecule has 1 heteroatoms. The molecule has 0 bridgehead atoms. The van der Waals surface area contributed by atoms with Crippen molar-refractivity contribution in [2.24, 2.45) is 0 Å². The Morgan fingerprint density at radius 3 is 2.59 bits per heavy atom. The fourth-order valence-corrected chi connectivity index (χ4v) is 2.40. The van der Waals surface area contributed by atoms with E-state index in [4.69, 9.17) is 0 Å². The van der Waals surface area contributed by atoms with Crippen LogP contribution in [0.15, 0.2) is 54.6 Å². The van der Waals surface area contributed by atoms with Crippen LogP contribution in [0, 0.1) is 5.82 Å². The molecule has 2 aromatic carbocycles. The van der Waals surface area contributed by atoms with E-state index in [1.165, 1.54) is 17.2 Å². The van der Waals surface area contributed by atoms with Gasteiger partial charge in [-0.25, -0.2) is 4.39 Å². The molecule has 1 aliphatic carbocycles. The van der Waals surface area contributed by atoms with Gasteiger partial charge in [0.15, 0.2) is 0 Å². The van der Waals surface area contributed by atoms with Gasteiger partial charge in [0, 0.05) is 5.92 Å². The molecule has 17 heavy (non-hydrogen) atoms. The lowest BCUT2D eigenvalue weighted by Crippen LogP contribution is -2.00. The molecule has 0 saturated carbocycles. The predicted octanol–water partition coefficient (Wildman–Crippen LogP) is 4.18. The molecule has 0 aromatic heterocycles. The van der Waals surface area contributed by atoms with Gasteiger partial charge in [-0.3, -0.25) is 0 Å². The summed E-state index contributed by atoms with van der Waals surface area (Å²) < 4.78 is 13.6. The molecule has 3 rings (SSSR count). The summed E-state index contributed by atoms with van der Waals surface area (Å²) in [4.78, 5) is 0. The van der Waals surface area contributed by atoms with Crippen LogP contribution in [0.4, 0.5) is 4.39 Å². The summed E-state index contributed by atoms with van der Waals surface area (Å²) in [7, 11) is 0. The zero-order chi connectivity index (χ0) is 11.7. The van der Waals surface area contributed by atoms with Crippen molar-refractivity contribution in [3.8, 4) is 0 Å². The monoisotopic (exact) mass is 224 g/mol. The van der Waals surface area contributed by atoms with E-state index < -0.39 is 0 Å². The molecule has 2 aromatic rings. The Labute approximate surface area is 100 Å². The maximum Gasteiger partial charge on any atom is 0.126 e. The van der Waals surface area contributed by atoms with Crippen LogP contribution in [0.25, 0.3) is 6.08 Å². The Hall–Kier alpha value is -1.89. The van der Waals surface area contributed by atoms with E-state index >= 15 is 0 Å². The van der Waals surface area contributed by atoms with Gasteiger partial charge in [-0.1, -0.05) is 54.6 Å². The quantitative estimate of drug-likeness (QED) is 0.718. The second kappa shape index (κ2) is 4.17. The fraction of sp³-hybridized carbons (Fsp3) is 0.125. The van der Waals surface area contributed by atoms with Crippen molar-refractivity contribution >= 4 is 6.08 Å². The lowest BCUT2D eigenvalue weighted by Gasteiger charge is -2.11. The van der Waals surface area contributed by atoms with Crippen LogP contribution in [0.2, 0.25) is 0 Å². The van der Waals surface area contributed by atoms with Crippen LogP contribution in [0.1, 0.15) is 22.6 Å². The van der Waals surface area contributed by atoms with Gasteiger partial charge in [-0.15, -0.1) is 0 Å². The molecular formula is C16H13F. The SMILES string of the molecule is Fc1ccccc1CC1C=Cc2ccccc21. The van der Waals surface area contributed by atoms with E-state index in [1.54, 1.807) is 6.07 Å². The largest absolute Gasteiger partial charge is 0.207 e. The van der Waals surface area contributed by atoms with E-state index in [0.717, 1.165) is 12.0 Å². The molecule has 0 heterocycles. The van der Waals surface area contributed by atoms with Crippen LogP contribution in [0.5, 0.6) is 0 Å². The van der Waals surface area contributed by atoms with Gasteiger partial charge in [0.2, 0.25) is 0 Å². The molecule has 0 fully saturated rings. The standard InChI is InChI=1S/C16H13F/c17-16-8-4-2-6-14(16)11-13-10-9-12-5-1-3-7-15(12)13/h1-10,13H,11H2. The van der Waals surface area contributed by atoms with Gasteiger partial charge in [-0.05, 0) is 29.2 Å². The number of allylic oxidation sites excluding steroid dienone is 1. The molecule has 0 aliphatic heterocycles. The van der Waals surface area contributed by atoms with Gasteiger partial charge < -0.3 is 0 Å². The van der Waals surface area contributed by atoms with Crippen LogP contribution < -0.4 is 0 Å². The van der Waals surface area contributed by atoms with E-state index in [1.807, 2.05) is 24.3 Å². The average Bonchev–Trinajstić information content (AvgIpc) is 2.76. The minimum absolute atomic E-state index is 0.106. The molecule has 0 spiro atoms. The first-order valence-corrected chi connectivity index (χ1v) is 5.85. The Morgan fingerprint density at radius 1 is 0.941 bits per heavy atom. The number of hydrogen-bond donors (Lipinski definition) is 0. The summed E-state index contributed by atoms with van der Waals surface area (Å²) in [5.41, 5.74) is 3.35. The Kier molecular flexibility index (Phi) is 2.52. The Morgan fingerprint density at radius 2 is 1.71 bits per heavy atom. The molecule has 0 saturated heterocycles. The highest BCUT2D eigenvalue weighted by molar-refractivity contribution is 5.62. The van der Waals surface area contributed by atoms with Crippen LogP contribution >= 0.6 is 0 Å². The molecule has 1 atom stereocenters. The van der Waals surface area contributed by atoms with Crippen molar-refractivity contribution in [2.45, 2.75) is 12.3 Å². The number of benzene rings is 2. The van der Waals surface area contributed by atoms with Crippen molar-refractivity contribution in [1.82, 2.24) is 0 Å². The first-order valence-electron chi connectivity index (χ1n) is 5.85. The second-order valence-corrected chi connectivity index (χ2v) is 4.39. The van der Waals surface area contributed by atoms with Crippen molar-refractivity contribution in [1.29, 1.82) is 0 Å².